The molecule has 3 aliphatic carbocycles. The summed E-state index contributed by atoms with van der Waals surface area (Å²) < 4.78 is 10.5. The van der Waals surface area contributed by atoms with E-state index in [2.05, 4.69) is 73.6 Å². The van der Waals surface area contributed by atoms with Crippen molar-refractivity contribution in [3.8, 4) is 17.6 Å². The molecule has 276 valence electrons. The summed E-state index contributed by atoms with van der Waals surface area (Å²) in [6.07, 6.45) is 14.9. The van der Waals surface area contributed by atoms with Crippen LogP contribution in [-0.4, -0.2) is 50.5 Å². The van der Waals surface area contributed by atoms with Crippen LogP contribution >= 0.6 is 0 Å². The SMILES string of the molecule is CC.CC#CCOCC.CCCC(CCC)C1=C2c3ccc(OC)cc3C3CC3(C(N)=O)CN2C2=CC(C(=O)C3CCCC3)=CCC21C.CN. The largest absolute Gasteiger partial charge is 0.497 e. The Morgan fingerprint density at radius 3 is 2.30 bits per heavy atom. The summed E-state index contributed by atoms with van der Waals surface area (Å²) >= 11 is 0. The van der Waals surface area contributed by atoms with Crippen LogP contribution in [0.2, 0.25) is 0 Å². The van der Waals surface area contributed by atoms with Gasteiger partial charge in [-0.15, -0.1) is 5.92 Å². The zero-order valence-corrected chi connectivity index (χ0v) is 32.5. The van der Waals surface area contributed by atoms with Crippen molar-refractivity contribution in [2.24, 2.45) is 34.1 Å². The topological polar surface area (TPSA) is 108 Å². The number of ether oxygens (including phenoxy) is 2. The number of ketones is 1. The van der Waals surface area contributed by atoms with Gasteiger partial charge in [0.15, 0.2) is 5.78 Å². The number of nitrogens with two attached hydrogens (primary N) is 2. The van der Waals surface area contributed by atoms with E-state index in [4.69, 9.17) is 15.2 Å². The number of hydrogen-bond acceptors (Lipinski definition) is 6. The zero-order chi connectivity index (χ0) is 37.1. The monoisotopic (exact) mass is 687 g/mol. The fourth-order valence-electron chi connectivity index (χ4n) is 8.68. The van der Waals surface area contributed by atoms with Crippen LogP contribution in [0.15, 0.2) is 47.2 Å². The molecule has 2 heterocycles. The van der Waals surface area contributed by atoms with Crippen LogP contribution in [0.25, 0.3) is 5.70 Å². The number of nitrogens with zero attached hydrogens (tertiary/aromatic N) is 1. The number of primary amides is 1. The number of fused-ring (bicyclic) bond motifs is 7. The number of methoxy groups -OCH3 is 1. The maximum Gasteiger partial charge on any atom is 0.226 e. The number of carbonyl (C=O) groups is 2. The Bertz CT molecular complexity index is 1480. The predicted octanol–water partition coefficient (Wildman–Crippen LogP) is 8.54. The van der Waals surface area contributed by atoms with E-state index >= 15 is 0 Å². The van der Waals surface area contributed by atoms with Crippen LogP contribution in [-0.2, 0) is 14.3 Å². The first-order valence-electron chi connectivity index (χ1n) is 19.2. The standard InChI is InChI=1S/C34H44N2O3.C6H10O.C2H6.CH5N/c1-5-9-21(10-6-2)29-30-25-14-13-24(39-4)18-26(25)27-19-34(27,32(35)38)20-36(30)28-17-23(15-16-33(28,29)3)31(37)22-11-7-8-12-22;1-3-5-6-7-4-2;2*1-2/h13-15,17-18,21-22,27H,5-12,16,19-20H2,1-4H3,(H2,35,38);4,6H2,1-2H3;1-2H3;2H2,1H3. The molecule has 5 aliphatic rings. The highest BCUT2D eigenvalue weighted by atomic mass is 16.5. The van der Waals surface area contributed by atoms with Gasteiger partial charge in [0, 0.05) is 52.9 Å². The molecule has 1 aromatic rings. The summed E-state index contributed by atoms with van der Waals surface area (Å²) in [4.78, 5) is 29.2. The minimum Gasteiger partial charge on any atom is -0.497 e. The van der Waals surface area contributed by atoms with Crippen molar-refractivity contribution in [3.05, 3.63) is 58.3 Å². The van der Waals surface area contributed by atoms with E-state index < -0.39 is 5.41 Å². The summed E-state index contributed by atoms with van der Waals surface area (Å²) in [5.74, 6) is 7.12. The van der Waals surface area contributed by atoms with Crippen LogP contribution in [0.3, 0.4) is 0 Å². The number of Topliss-reactive ketones (excluding diaryl/α,β-unsaturated/α-hetero) is 1. The minimum atomic E-state index is -0.595. The molecule has 0 radical (unpaired) electrons. The number of amides is 1. The van der Waals surface area contributed by atoms with Gasteiger partial charge in [0.1, 0.15) is 12.4 Å². The molecule has 2 fully saturated rings. The van der Waals surface area contributed by atoms with Crippen molar-refractivity contribution in [1.82, 2.24) is 4.90 Å². The second-order valence-electron chi connectivity index (χ2n) is 14.0. The van der Waals surface area contributed by atoms with E-state index in [-0.39, 0.29) is 23.2 Å². The molecule has 1 amide bonds. The van der Waals surface area contributed by atoms with Crippen molar-refractivity contribution in [2.75, 3.05) is 33.9 Å². The zero-order valence-electron chi connectivity index (χ0n) is 32.5. The highest BCUT2D eigenvalue weighted by Gasteiger charge is 2.65. The van der Waals surface area contributed by atoms with Gasteiger partial charge < -0.3 is 25.8 Å². The molecule has 0 spiro atoms. The summed E-state index contributed by atoms with van der Waals surface area (Å²) in [5, 5.41) is 0. The van der Waals surface area contributed by atoms with E-state index in [1.54, 1.807) is 14.0 Å². The van der Waals surface area contributed by atoms with Crippen molar-refractivity contribution >= 4 is 17.4 Å². The lowest BCUT2D eigenvalue weighted by Gasteiger charge is -2.37. The molecule has 0 bridgehead atoms. The third kappa shape index (κ3) is 8.08. The van der Waals surface area contributed by atoms with Crippen molar-refractivity contribution in [2.45, 2.75) is 119 Å². The molecule has 50 heavy (non-hydrogen) atoms. The Kier molecular flexibility index (Phi) is 15.4. The molecule has 2 aliphatic heterocycles. The fraction of sp³-hybridized carbons (Fsp3) is 0.628. The smallest absolute Gasteiger partial charge is 0.226 e. The van der Waals surface area contributed by atoms with Crippen molar-refractivity contribution in [1.29, 1.82) is 0 Å². The van der Waals surface area contributed by atoms with E-state index in [9.17, 15) is 9.59 Å². The van der Waals surface area contributed by atoms with E-state index in [0.717, 1.165) is 82.1 Å². The molecule has 4 N–H and O–H groups in total. The predicted molar refractivity (Wildman–Crippen MR) is 206 cm³/mol. The highest BCUT2D eigenvalue weighted by Crippen LogP contribution is 2.68. The lowest BCUT2D eigenvalue weighted by atomic mass is 9.67. The molecular formula is C43H65N3O4. The quantitative estimate of drug-likeness (QED) is 0.178. The number of carbonyl (C=O) groups excluding carboxylic acids is 2. The van der Waals surface area contributed by atoms with Crippen LogP contribution in [0.4, 0.5) is 0 Å². The first-order chi connectivity index (χ1) is 24.2. The van der Waals surface area contributed by atoms with Crippen LogP contribution < -0.4 is 16.2 Å². The number of hydrogen-bond donors (Lipinski definition) is 2. The van der Waals surface area contributed by atoms with Gasteiger partial charge >= 0.3 is 0 Å². The second kappa shape index (κ2) is 18.8. The summed E-state index contributed by atoms with van der Waals surface area (Å²) in [6, 6.07) is 6.40. The van der Waals surface area contributed by atoms with Gasteiger partial charge in [-0.3, -0.25) is 9.59 Å². The average Bonchev–Trinajstić information content (AvgIpc) is 3.53. The second-order valence-corrected chi connectivity index (χ2v) is 14.0. The molecule has 3 atom stereocenters. The Labute approximate surface area is 303 Å². The van der Waals surface area contributed by atoms with Crippen LogP contribution in [0, 0.1) is 34.5 Å². The molecule has 0 saturated heterocycles. The van der Waals surface area contributed by atoms with Gasteiger partial charge in [-0.1, -0.05) is 65.4 Å². The van der Waals surface area contributed by atoms with E-state index in [1.807, 2.05) is 20.8 Å². The average molecular weight is 688 g/mol. The molecule has 3 unspecified atom stereocenters. The molecule has 1 aromatic carbocycles. The Hall–Kier alpha value is -3.34. The Morgan fingerprint density at radius 2 is 1.74 bits per heavy atom. The third-order valence-electron chi connectivity index (χ3n) is 11.1. The number of benzene rings is 1. The summed E-state index contributed by atoms with van der Waals surface area (Å²) in [6.45, 7) is 16.6. The summed E-state index contributed by atoms with van der Waals surface area (Å²) in [7, 11) is 3.20. The lowest BCUT2D eigenvalue weighted by molar-refractivity contribution is -0.123. The number of allylic oxidation sites excluding steroid dienone is 4. The Balaban J connectivity index is 0.000000544. The molecule has 2 saturated carbocycles. The normalized spacial score (nSPS) is 24.1. The van der Waals surface area contributed by atoms with Gasteiger partial charge in [0.25, 0.3) is 0 Å². The molecule has 6 rings (SSSR count). The molecule has 7 nitrogen and oxygen atoms in total. The first-order valence-corrected chi connectivity index (χ1v) is 19.2. The lowest BCUT2D eigenvalue weighted by Crippen LogP contribution is -2.38. The third-order valence-corrected chi connectivity index (χ3v) is 11.1. The Morgan fingerprint density at radius 1 is 1.08 bits per heavy atom. The molecular weight excluding hydrogens is 622 g/mol. The van der Waals surface area contributed by atoms with Gasteiger partial charge in [0.05, 0.1) is 12.5 Å². The van der Waals surface area contributed by atoms with Gasteiger partial charge in [-0.2, -0.15) is 0 Å². The minimum absolute atomic E-state index is 0.0980. The number of rotatable bonds is 11. The summed E-state index contributed by atoms with van der Waals surface area (Å²) in [5.41, 5.74) is 17.1. The fourth-order valence-corrected chi connectivity index (χ4v) is 8.68. The molecule has 7 heteroatoms. The van der Waals surface area contributed by atoms with Crippen molar-refractivity contribution in [3.63, 3.8) is 0 Å². The van der Waals surface area contributed by atoms with Crippen LogP contribution in [0.1, 0.15) is 130 Å². The van der Waals surface area contributed by atoms with Gasteiger partial charge in [0.2, 0.25) is 5.91 Å². The van der Waals surface area contributed by atoms with Crippen molar-refractivity contribution < 1.29 is 19.1 Å². The van der Waals surface area contributed by atoms with E-state index in [1.165, 1.54) is 35.1 Å². The first kappa shape index (κ1) is 41.1. The van der Waals surface area contributed by atoms with E-state index in [0.29, 0.717) is 24.9 Å². The highest BCUT2D eigenvalue weighted by molar-refractivity contribution is 6.01. The van der Waals surface area contributed by atoms with Gasteiger partial charge in [-0.05, 0) is 108 Å². The van der Waals surface area contributed by atoms with Gasteiger partial charge in [-0.25, -0.2) is 0 Å². The van der Waals surface area contributed by atoms with Crippen LogP contribution in [0.5, 0.6) is 5.75 Å². The maximum atomic E-state index is 13.6. The maximum absolute atomic E-state index is 13.6. The molecule has 0 aromatic heterocycles.